The van der Waals surface area contributed by atoms with Crippen molar-refractivity contribution in [1.29, 1.82) is 0 Å². The van der Waals surface area contributed by atoms with E-state index in [1.807, 2.05) is 12.1 Å². The number of hydrogen-bond acceptors (Lipinski definition) is 5. The van der Waals surface area contributed by atoms with Gasteiger partial charge in [-0.3, -0.25) is 4.90 Å². The second-order valence-electron chi connectivity index (χ2n) is 5.98. The Morgan fingerprint density at radius 2 is 1.61 bits per heavy atom. The predicted molar refractivity (Wildman–Crippen MR) is 95.0 cm³/mol. The lowest BCUT2D eigenvalue weighted by molar-refractivity contribution is 0.163. The van der Waals surface area contributed by atoms with Crippen molar-refractivity contribution in [1.82, 2.24) is 4.90 Å². The van der Waals surface area contributed by atoms with Gasteiger partial charge in [-0.05, 0) is 38.8 Å². The van der Waals surface area contributed by atoms with E-state index in [1.54, 1.807) is 21.3 Å². The van der Waals surface area contributed by atoms with Crippen LogP contribution >= 0.6 is 12.4 Å². The lowest BCUT2D eigenvalue weighted by Crippen LogP contribution is -2.39. The largest absolute Gasteiger partial charge is 0.496 e. The summed E-state index contributed by atoms with van der Waals surface area (Å²) < 4.78 is 16.3. The van der Waals surface area contributed by atoms with Gasteiger partial charge in [0.1, 0.15) is 17.2 Å². The molecule has 2 N–H and O–H groups in total. The highest BCUT2D eigenvalue weighted by molar-refractivity contribution is 5.85. The van der Waals surface area contributed by atoms with Gasteiger partial charge in [0.2, 0.25) is 0 Å². The van der Waals surface area contributed by atoms with Crippen molar-refractivity contribution in [3.05, 3.63) is 17.7 Å². The molecule has 0 saturated carbocycles. The lowest BCUT2D eigenvalue weighted by Gasteiger charge is -2.34. The topological polar surface area (TPSA) is 57.0 Å². The molecule has 1 unspecified atom stereocenters. The first-order valence-corrected chi connectivity index (χ1v) is 7.85. The zero-order chi connectivity index (χ0) is 16.1. The van der Waals surface area contributed by atoms with Crippen LogP contribution in [0.25, 0.3) is 0 Å². The quantitative estimate of drug-likeness (QED) is 0.859. The minimum absolute atomic E-state index is 0. The van der Waals surface area contributed by atoms with Crippen molar-refractivity contribution in [3.8, 4) is 17.2 Å². The number of nitrogens with zero attached hydrogens (tertiary/aromatic N) is 1. The van der Waals surface area contributed by atoms with Gasteiger partial charge in [-0.25, -0.2) is 0 Å². The number of hydrogen-bond donors (Lipinski definition) is 1. The summed E-state index contributed by atoms with van der Waals surface area (Å²) in [6.45, 7) is 5.05. The molecule has 1 aliphatic rings. The fraction of sp³-hybridized carbons (Fsp3) is 0.647. The summed E-state index contributed by atoms with van der Waals surface area (Å²) in [5.74, 6) is 3.00. The van der Waals surface area contributed by atoms with Crippen molar-refractivity contribution in [2.75, 3.05) is 34.4 Å². The molecule has 1 fully saturated rings. The number of rotatable bonds is 6. The molecule has 1 aliphatic heterocycles. The molecule has 23 heavy (non-hydrogen) atoms. The summed E-state index contributed by atoms with van der Waals surface area (Å²) in [6.07, 6.45) is 2.30. The Kier molecular flexibility index (Phi) is 7.95. The number of benzene rings is 1. The van der Waals surface area contributed by atoms with E-state index in [1.165, 1.54) is 0 Å². The zero-order valence-electron chi connectivity index (χ0n) is 14.5. The SMILES string of the molecule is COc1cc(OC)c(CN2CCC(C(C)N)CC2)c(OC)c1.Cl. The average molecular weight is 345 g/mol. The number of methoxy groups -OCH3 is 3. The van der Waals surface area contributed by atoms with Crippen LogP contribution < -0.4 is 19.9 Å². The first kappa shape index (κ1) is 19.9. The van der Waals surface area contributed by atoms with Crippen molar-refractivity contribution < 1.29 is 14.2 Å². The van der Waals surface area contributed by atoms with Gasteiger partial charge >= 0.3 is 0 Å². The van der Waals surface area contributed by atoms with Gasteiger partial charge in [0.25, 0.3) is 0 Å². The number of halogens is 1. The molecule has 1 saturated heterocycles. The third kappa shape index (κ3) is 4.90. The maximum Gasteiger partial charge on any atom is 0.130 e. The van der Waals surface area contributed by atoms with E-state index >= 15 is 0 Å². The molecule has 1 aromatic rings. The molecule has 1 atom stereocenters. The van der Waals surface area contributed by atoms with Crippen LogP contribution in [-0.2, 0) is 6.54 Å². The molecule has 0 bridgehead atoms. The molecule has 0 amide bonds. The van der Waals surface area contributed by atoms with Crippen LogP contribution in [0.4, 0.5) is 0 Å². The molecule has 6 heteroatoms. The Balaban J connectivity index is 0.00000264. The molecule has 0 radical (unpaired) electrons. The highest BCUT2D eigenvalue weighted by Gasteiger charge is 2.24. The Morgan fingerprint density at radius 3 is 2.00 bits per heavy atom. The van der Waals surface area contributed by atoms with E-state index in [2.05, 4.69) is 11.8 Å². The Labute approximate surface area is 145 Å². The molecule has 2 rings (SSSR count). The second-order valence-corrected chi connectivity index (χ2v) is 5.98. The smallest absolute Gasteiger partial charge is 0.130 e. The number of nitrogens with two attached hydrogens (primary N) is 1. The van der Waals surface area contributed by atoms with Gasteiger partial charge in [-0.2, -0.15) is 0 Å². The molecule has 0 aromatic heterocycles. The molecular formula is C17H29ClN2O3. The van der Waals surface area contributed by atoms with Gasteiger partial charge in [0, 0.05) is 24.7 Å². The Morgan fingerprint density at radius 1 is 1.09 bits per heavy atom. The molecule has 132 valence electrons. The normalized spacial score (nSPS) is 17.3. The van der Waals surface area contributed by atoms with Gasteiger partial charge in [0.15, 0.2) is 0 Å². The maximum atomic E-state index is 6.02. The van der Waals surface area contributed by atoms with E-state index in [-0.39, 0.29) is 18.4 Å². The number of piperidine rings is 1. The summed E-state index contributed by atoms with van der Waals surface area (Å²) in [5.41, 5.74) is 7.09. The molecule has 1 aromatic carbocycles. The van der Waals surface area contributed by atoms with Gasteiger partial charge in [-0.15, -0.1) is 12.4 Å². The van der Waals surface area contributed by atoms with E-state index in [4.69, 9.17) is 19.9 Å². The third-order valence-corrected chi connectivity index (χ3v) is 4.57. The van der Waals surface area contributed by atoms with E-state index < -0.39 is 0 Å². The number of likely N-dealkylation sites (tertiary alicyclic amines) is 1. The summed E-state index contributed by atoms with van der Waals surface area (Å²) in [5, 5.41) is 0. The predicted octanol–water partition coefficient (Wildman–Crippen LogP) is 2.69. The third-order valence-electron chi connectivity index (χ3n) is 4.57. The highest BCUT2D eigenvalue weighted by Crippen LogP contribution is 2.35. The Bertz CT molecular complexity index is 464. The number of ether oxygens (including phenoxy) is 3. The zero-order valence-corrected chi connectivity index (χ0v) is 15.3. The van der Waals surface area contributed by atoms with Crippen molar-refractivity contribution in [2.24, 2.45) is 11.7 Å². The summed E-state index contributed by atoms with van der Waals surface area (Å²) >= 11 is 0. The fourth-order valence-electron chi connectivity index (χ4n) is 3.09. The minimum Gasteiger partial charge on any atom is -0.496 e. The van der Waals surface area contributed by atoms with E-state index in [0.29, 0.717) is 5.92 Å². The standard InChI is InChI=1S/C17H28N2O3.ClH/c1-12(18)13-5-7-19(8-6-13)11-15-16(21-3)9-14(20-2)10-17(15)22-4;/h9-10,12-13H,5-8,11,18H2,1-4H3;1H. The van der Waals surface area contributed by atoms with E-state index in [9.17, 15) is 0 Å². The molecular weight excluding hydrogens is 316 g/mol. The molecule has 5 nitrogen and oxygen atoms in total. The van der Waals surface area contributed by atoms with Gasteiger partial charge < -0.3 is 19.9 Å². The summed E-state index contributed by atoms with van der Waals surface area (Å²) in [4.78, 5) is 2.44. The minimum atomic E-state index is 0. The summed E-state index contributed by atoms with van der Waals surface area (Å²) in [6, 6.07) is 4.10. The lowest BCUT2D eigenvalue weighted by atomic mass is 9.91. The monoisotopic (exact) mass is 344 g/mol. The van der Waals surface area contributed by atoms with Crippen molar-refractivity contribution in [3.63, 3.8) is 0 Å². The second kappa shape index (κ2) is 9.21. The van der Waals surface area contributed by atoms with Crippen LogP contribution in [-0.4, -0.2) is 45.4 Å². The van der Waals surface area contributed by atoms with Gasteiger partial charge in [0.05, 0.1) is 26.9 Å². The average Bonchev–Trinajstić information content (AvgIpc) is 2.55. The first-order chi connectivity index (χ1) is 10.6. The van der Waals surface area contributed by atoms with Gasteiger partial charge in [-0.1, -0.05) is 0 Å². The van der Waals surface area contributed by atoms with Crippen molar-refractivity contribution in [2.45, 2.75) is 32.4 Å². The van der Waals surface area contributed by atoms with Crippen LogP contribution in [0.2, 0.25) is 0 Å². The maximum absolute atomic E-state index is 6.02. The molecule has 1 heterocycles. The van der Waals surface area contributed by atoms with Crippen molar-refractivity contribution >= 4 is 12.4 Å². The van der Waals surface area contributed by atoms with Crippen LogP contribution in [0.5, 0.6) is 17.2 Å². The molecule has 0 spiro atoms. The fourth-order valence-corrected chi connectivity index (χ4v) is 3.09. The van der Waals surface area contributed by atoms with Crippen LogP contribution in [0.1, 0.15) is 25.3 Å². The first-order valence-electron chi connectivity index (χ1n) is 7.85. The van der Waals surface area contributed by atoms with E-state index in [0.717, 1.165) is 55.3 Å². The van der Waals surface area contributed by atoms with Crippen LogP contribution in [0.3, 0.4) is 0 Å². The highest BCUT2D eigenvalue weighted by atomic mass is 35.5. The Hall–Kier alpha value is -1.17. The van der Waals surface area contributed by atoms with Crippen LogP contribution in [0.15, 0.2) is 12.1 Å². The summed E-state index contributed by atoms with van der Waals surface area (Å²) in [7, 11) is 5.01. The molecule has 0 aliphatic carbocycles. The van der Waals surface area contributed by atoms with Crippen LogP contribution in [0, 0.1) is 5.92 Å².